The molecule has 28 heavy (non-hydrogen) atoms. The van der Waals surface area contributed by atoms with Crippen molar-refractivity contribution in [2.75, 3.05) is 0 Å². The molecule has 0 saturated heterocycles. The molecule has 0 atom stereocenters. The van der Waals surface area contributed by atoms with Crippen molar-refractivity contribution in [1.82, 2.24) is 0 Å². The highest BCUT2D eigenvalue weighted by molar-refractivity contribution is 5.90. The van der Waals surface area contributed by atoms with Crippen LogP contribution in [-0.4, -0.2) is 16.2 Å². The van der Waals surface area contributed by atoms with E-state index in [1.807, 2.05) is 0 Å². The second-order valence-corrected chi connectivity index (χ2v) is 9.09. The van der Waals surface area contributed by atoms with E-state index >= 15 is 0 Å². The van der Waals surface area contributed by atoms with E-state index in [1.165, 1.54) is 38.5 Å². The van der Waals surface area contributed by atoms with Crippen molar-refractivity contribution < 1.29 is 15.0 Å². The first-order chi connectivity index (χ1) is 13.3. The summed E-state index contributed by atoms with van der Waals surface area (Å²) in [5, 5.41) is 20.0. The topological polar surface area (TPSA) is 57.5 Å². The summed E-state index contributed by atoms with van der Waals surface area (Å²) in [6.45, 7) is 9.01. The third-order valence-corrected chi connectivity index (χ3v) is 5.55. The van der Waals surface area contributed by atoms with Crippen molar-refractivity contribution in [1.29, 1.82) is 0 Å². The molecule has 0 spiro atoms. The summed E-state index contributed by atoms with van der Waals surface area (Å²) in [6.07, 6.45) is 13.2. The normalized spacial score (nSPS) is 11.5. The van der Waals surface area contributed by atoms with Crippen molar-refractivity contribution in [3.8, 4) is 5.75 Å². The highest BCUT2D eigenvalue weighted by Crippen LogP contribution is 2.29. The van der Waals surface area contributed by atoms with Crippen LogP contribution in [0.3, 0.4) is 0 Å². The number of aromatic carboxylic acids is 1. The number of benzene rings is 1. The first kappa shape index (κ1) is 24.5. The lowest BCUT2D eigenvalue weighted by molar-refractivity contribution is 0.0695. The van der Waals surface area contributed by atoms with Gasteiger partial charge in [0.15, 0.2) is 0 Å². The third kappa shape index (κ3) is 9.61. The lowest BCUT2D eigenvalue weighted by atomic mass is 9.91. The van der Waals surface area contributed by atoms with E-state index in [4.69, 9.17) is 0 Å². The molecule has 0 aliphatic heterocycles. The van der Waals surface area contributed by atoms with E-state index < -0.39 is 5.97 Å². The van der Waals surface area contributed by atoms with Crippen molar-refractivity contribution >= 4 is 5.97 Å². The van der Waals surface area contributed by atoms with Crippen molar-refractivity contribution in [2.45, 2.75) is 105 Å². The van der Waals surface area contributed by atoms with Crippen LogP contribution < -0.4 is 0 Å². The number of phenolic OH excluding ortho intramolecular Hbond substituents is 1. The van der Waals surface area contributed by atoms with Gasteiger partial charge in [-0.1, -0.05) is 79.1 Å². The third-order valence-electron chi connectivity index (χ3n) is 5.55. The van der Waals surface area contributed by atoms with E-state index in [0.717, 1.165) is 61.5 Å². The molecule has 0 aliphatic carbocycles. The number of hydrogen-bond donors (Lipinski definition) is 2. The fourth-order valence-corrected chi connectivity index (χ4v) is 3.86. The van der Waals surface area contributed by atoms with Gasteiger partial charge in [0, 0.05) is 0 Å². The Balaban J connectivity index is 2.63. The standard InChI is InChI=1S/C25H42O3/c1-19(2)13-9-5-7-11-15-21-22(16-12-8-6-10-14-20(3)4)24(26)18-17-23(21)25(27)28/h17-20,26H,5-16H2,1-4H3,(H,27,28). The van der Waals surface area contributed by atoms with E-state index in [-0.39, 0.29) is 5.75 Å². The Kier molecular flexibility index (Phi) is 11.9. The van der Waals surface area contributed by atoms with Gasteiger partial charge in [0.2, 0.25) is 0 Å². The average molecular weight is 391 g/mol. The zero-order valence-corrected chi connectivity index (χ0v) is 18.6. The highest BCUT2D eigenvalue weighted by Gasteiger charge is 2.17. The summed E-state index contributed by atoms with van der Waals surface area (Å²) in [4.78, 5) is 11.7. The maximum Gasteiger partial charge on any atom is 0.335 e. The Morgan fingerprint density at radius 2 is 1.21 bits per heavy atom. The molecule has 160 valence electrons. The van der Waals surface area contributed by atoms with Crippen LogP contribution in [-0.2, 0) is 12.8 Å². The second-order valence-electron chi connectivity index (χ2n) is 9.09. The van der Waals surface area contributed by atoms with Crippen molar-refractivity contribution in [3.05, 3.63) is 28.8 Å². The van der Waals surface area contributed by atoms with Gasteiger partial charge in [-0.05, 0) is 60.8 Å². The number of carboxylic acids is 1. The minimum atomic E-state index is -0.881. The van der Waals surface area contributed by atoms with Crippen molar-refractivity contribution in [2.24, 2.45) is 11.8 Å². The molecule has 0 saturated carbocycles. The predicted octanol–water partition coefficient (Wildman–Crippen LogP) is 7.39. The molecule has 3 heteroatoms. The zero-order chi connectivity index (χ0) is 20.9. The summed E-state index contributed by atoms with van der Waals surface area (Å²) in [7, 11) is 0. The van der Waals surface area contributed by atoms with Gasteiger partial charge in [-0.25, -0.2) is 4.79 Å². The number of unbranched alkanes of at least 4 members (excludes halogenated alkanes) is 6. The zero-order valence-electron chi connectivity index (χ0n) is 18.6. The first-order valence-electron chi connectivity index (χ1n) is 11.4. The Labute approximate surface area is 172 Å². The number of carboxylic acid groups (broad SMARTS) is 1. The molecule has 2 N–H and O–H groups in total. The summed E-state index contributed by atoms with van der Waals surface area (Å²) < 4.78 is 0. The van der Waals surface area contributed by atoms with Crippen LogP contribution in [0.25, 0.3) is 0 Å². The summed E-state index contributed by atoms with van der Waals surface area (Å²) in [6, 6.07) is 3.13. The molecule has 1 aromatic carbocycles. The smallest absolute Gasteiger partial charge is 0.335 e. The van der Waals surface area contributed by atoms with E-state index in [0.29, 0.717) is 5.56 Å². The number of rotatable bonds is 15. The SMILES string of the molecule is CC(C)CCCCCCc1c(O)ccc(C(=O)O)c1CCCCCCC(C)C. The quantitative estimate of drug-likeness (QED) is 0.307. The maximum absolute atomic E-state index is 11.7. The lowest BCUT2D eigenvalue weighted by Crippen LogP contribution is -2.07. The van der Waals surface area contributed by atoms with Gasteiger partial charge in [-0.3, -0.25) is 0 Å². The van der Waals surface area contributed by atoms with Gasteiger partial charge in [0.25, 0.3) is 0 Å². The minimum Gasteiger partial charge on any atom is -0.508 e. The molecule has 3 nitrogen and oxygen atoms in total. The Bertz CT molecular complexity index is 575. The Morgan fingerprint density at radius 3 is 1.68 bits per heavy atom. The number of phenols is 1. The van der Waals surface area contributed by atoms with Crippen LogP contribution in [0.1, 0.15) is 113 Å². The van der Waals surface area contributed by atoms with E-state index in [2.05, 4.69) is 27.7 Å². The first-order valence-corrected chi connectivity index (χ1v) is 11.4. The predicted molar refractivity (Wildman–Crippen MR) is 118 cm³/mol. The second kappa shape index (κ2) is 13.6. The molecule has 1 rings (SSSR count). The fourth-order valence-electron chi connectivity index (χ4n) is 3.86. The fraction of sp³-hybridized carbons (Fsp3) is 0.720. The minimum absolute atomic E-state index is 0.266. The summed E-state index contributed by atoms with van der Waals surface area (Å²) in [5.41, 5.74) is 2.10. The van der Waals surface area contributed by atoms with Gasteiger partial charge < -0.3 is 10.2 Å². The molecule has 0 bridgehead atoms. The number of hydrogen-bond acceptors (Lipinski definition) is 2. The van der Waals surface area contributed by atoms with Crippen LogP contribution in [0.4, 0.5) is 0 Å². The van der Waals surface area contributed by atoms with Crippen LogP contribution in [0.5, 0.6) is 5.75 Å². The maximum atomic E-state index is 11.7. The van der Waals surface area contributed by atoms with Crippen LogP contribution in [0, 0.1) is 11.8 Å². The average Bonchev–Trinajstić information content (AvgIpc) is 2.61. The molecule has 0 aromatic heterocycles. The van der Waals surface area contributed by atoms with Gasteiger partial charge in [0.1, 0.15) is 5.75 Å². The molecular weight excluding hydrogens is 348 g/mol. The molecular formula is C25H42O3. The van der Waals surface area contributed by atoms with E-state index in [9.17, 15) is 15.0 Å². The van der Waals surface area contributed by atoms with Gasteiger partial charge in [-0.2, -0.15) is 0 Å². The van der Waals surface area contributed by atoms with Crippen LogP contribution >= 0.6 is 0 Å². The Morgan fingerprint density at radius 1 is 0.750 bits per heavy atom. The van der Waals surface area contributed by atoms with Gasteiger partial charge in [0.05, 0.1) is 5.56 Å². The number of aromatic hydroxyl groups is 1. The largest absolute Gasteiger partial charge is 0.508 e. The van der Waals surface area contributed by atoms with E-state index in [1.54, 1.807) is 12.1 Å². The van der Waals surface area contributed by atoms with Crippen LogP contribution in [0.15, 0.2) is 12.1 Å². The monoisotopic (exact) mass is 390 g/mol. The molecule has 0 heterocycles. The molecule has 0 aliphatic rings. The van der Waals surface area contributed by atoms with Gasteiger partial charge >= 0.3 is 5.97 Å². The van der Waals surface area contributed by atoms with Crippen LogP contribution in [0.2, 0.25) is 0 Å². The summed E-state index contributed by atoms with van der Waals surface area (Å²) >= 11 is 0. The molecule has 0 unspecified atom stereocenters. The highest BCUT2D eigenvalue weighted by atomic mass is 16.4. The number of carbonyl (C=O) groups is 1. The Hall–Kier alpha value is -1.51. The van der Waals surface area contributed by atoms with Gasteiger partial charge in [-0.15, -0.1) is 0 Å². The molecule has 1 aromatic rings. The lowest BCUT2D eigenvalue weighted by Gasteiger charge is -2.15. The molecule has 0 radical (unpaired) electrons. The van der Waals surface area contributed by atoms with Crippen molar-refractivity contribution in [3.63, 3.8) is 0 Å². The molecule has 0 amide bonds. The molecule has 0 fully saturated rings. The summed E-state index contributed by atoms with van der Waals surface area (Å²) in [5.74, 6) is 0.884.